The van der Waals surface area contributed by atoms with Crippen LogP contribution in [0.2, 0.25) is 0 Å². The predicted molar refractivity (Wildman–Crippen MR) is 112 cm³/mol. The molecular formula is C23H24F2N2O5. The molecule has 3 aliphatic rings. The summed E-state index contributed by atoms with van der Waals surface area (Å²) in [5, 5.41) is 9.10. The number of benzene rings is 2. The van der Waals surface area contributed by atoms with Crippen molar-refractivity contribution in [2.75, 3.05) is 24.5 Å². The number of anilines is 1. The molecule has 32 heavy (non-hydrogen) atoms. The van der Waals surface area contributed by atoms with Crippen molar-refractivity contribution < 1.29 is 33.0 Å². The molecule has 0 radical (unpaired) electrons. The molecule has 3 heterocycles. The largest absolute Gasteiger partial charge is 0.478 e. The highest BCUT2D eigenvalue weighted by molar-refractivity contribution is 5.90. The number of alkyl halides is 2. The van der Waals surface area contributed by atoms with E-state index in [4.69, 9.17) is 9.84 Å². The Morgan fingerprint density at radius 3 is 2.38 bits per heavy atom. The highest BCUT2D eigenvalue weighted by Crippen LogP contribution is 2.34. The topological polar surface area (TPSA) is 79.3 Å². The fourth-order valence-corrected chi connectivity index (χ4v) is 4.30. The number of halogens is 2. The van der Waals surface area contributed by atoms with Gasteiger partial charge in [0.2, 0.25) is 0 Å². The van der Waals surface area contributed by atoms with Gasteiger partial charge in [-0.05, 0) is 61.7 Å². The van der Waals surface area contributed by atoms with Crippen molar-refractivity contribution in [2.45, 2.75) is 32.1 Å². The lowest BCUT2D eigenvalue weighted by Gasteiger charge is -2.44. The van der Waals surface area contributed by atoms with Crippen LogP contribution in [0, 0.1) is 5.92 Å². The van der Waals surface area contributed by atoms with E-state index in [0.717, 1.165) is 25.9 Å². The molecule has 9 heteroatoms. The summed E-state index contributed by atoms with van der Waals surface area (Å²) in [5.74, 6) is -0.922. The van der Waals surface area contributed by atoms with Gasteiger partial charge in [-0.3, -0.25) is 9.80 Å². The first-order chi connectivity index (χ1) is 15.4. The van der Waals surface area contributed by atoms with Crippen molar-refractivity contribution in [2.24, 2.45) is 5.92 Å². The van der Waals surface area contributed by atoms with Crippen molar-refractivity contribution in [3.05, 3.63) is 59.7 Å². The van der Waals surface area contributed by atoms with Gasteiger partial charge in [0.1, 0.15) is 11.9 Å². The number of carboxylic acids is 1. The predicted octanol–water partition coefficient (Wildman–Crippen LogP) is 4.22. The zero-order valence-electron chi connectivity index (χ0n) is 17.3. The van der Waals surface area contributed by atoms with Crippen molar-refractivity contribution >= 4 is 17.7 Å². The molecule has 2 aromatic rings. The summed E-state index contributed by atoms with van der Waals surface area (Å²) in [5.41, 5.74) is 0.880. The van der Waals surface area contributed by atoms with Crippen molar-refractivity contribution in [1.82, 2.24) is 4.90 Å². The van der Waals surface area contributed by atoms with Gasteiger partial charge in [0.15, 0.2) is 0 Å². The number of hydrogen-bond acceptors (Lipinski definition) is 5. The van der Waals surface area contributed by atoms with E-state index < -0.39 is 18.7 Å². The number of carboxylic acid groups (broad SMARTS) is 1. The summed E-state index contributed by atoms with van der Waals surface area (Å²) < 4.78 is 36.4. The van der Waals surface area contributed by atoms with E-state index in [-0.39, 0.29) is 35.6 Å². The molecule has 5 rings (SSSR count). The maximum atomic E-state index is 13.3. The number of aromatic carboxylic acids is 1. The Kier molecular flexibility index (Phi) is 6.55. The number of rotatable bonds is 7. The number of para-hydroxylation sites is 2. The summed E-state index contributed by atoms with van der Waals surface area (Å²) in [6, 6.07) is 12.1. The molecule has 0 unspecified atom stereocenters. The number of amides is 1. The van der Waals surface area contributed by atoms with Crippen LogP contribution in [0.4, 0.5) is 19.3 Å². The third-order valence-corrected chi connectivity index (χ3v) is 5.98. The minimum atomic E-state index is -3.05. The molecular weight excluding hydrogens is 422 g/mol. The van der Waals surface area contributed by atoms with Crippen LogP contribution >= 0.6 is 0 Å². The van der Waals surface area contributed by atoms with Crippen LogP contribution in [0.25, 0.3) is 0 Å². The van der Waals surface area contributed by atoms with E-state index in [1.807, 2.05) is 0 Å². The highest BCUT2D eigenvalue weighted by atomic mass is 19.3. The van der Waals surface area contributed by atoms with Crippen LogP contribution in [0.15, 0.2) is 48.5 Å². The minimum Gasteiger partial charge on any atom is -0.478 e. The number of nitrogens with zero attached hydrogens (tertiary/aromatic N) is 2. The Morgan fingerprint density at radius 1 is 1.09 bits per heavy atom. The van der Waals surface area contributed by atoms with Crippen LogP contribution in [0.3, 0.4) is 0 Å². The van der Waals surface area contributed by atoms with Gasteiger partial charge < -0.3 is 14.6 Å². The van der Waals surface area contributed by atoms with Gasteiger partial charge in [-0.25, -0.2) is 9.59 Å². The van der Waals surface area contributed by atoms with Gasteiger partial charge in [0.05, 0.1) is 17.8 Å². The van der Waals surface area contributed by atoms with Crippen LogP contribution < -0.4 is 9.64 Å². The van der Waals surface area contributed by atoms with E-state index in [1.54, 1.807) is 24.3 Å². The van der Waals surface area contributed by atoms with Crippen LogP contribution in [-0.4, -0.2) is 54.4 Å². The summed E-state index contributed by atoms with van der Waals surface area (Å²) in [4.78, 5) is 27.9. The first-order valence-electron chi connectivity index (χ1n) is 10.5. The number of carbonyl (C=O) groups is 2. The third kappa shape index (κ3) is 4.99. The van der Waals surface area contributed by atoms with Gasteiger partial charge in [0, 0.05) is 6.54 Å². The second kappa shape index (κ2) is 9.52. The molecule has 0 aliphatic carbocycles. The number of ether oxygens (including phenoxy) is 2. The van der Waals surface area contributed by atoms with Gasteiger partial charge in [-0.1, -0.05) is 24.3 Å². The maximum Gasteiger partial charge on any atom is 0.415 e. The monoisotopic (exact) mass is 446 g/mol. The first-order valence-corrected chi connectivity index (χ1v) is 10.5. The molecule has 1 N–H and O–H groups in total. The smallest absolute Gasteiger partial charge is 0.415 e. The zero-order valence-corrected chi connectivity index (χ0v) is 17.3. The molecule has 3 fully saturated rings. The highest BCUT2D eigenvalue weighted by Gasteiger charge is 2.37. The minimum absolute atomic E-state index is 0.00342. The molecule has 0 aromatic heterocycles. The SMILES string of the molecule is O=C(O)c1ccc(CN(C(=O)O[C@H]2CN3CCC2CC3)c2ccccc2OC(F)F)cc1. The van der Waals surface area contributed by atoms with Crippen molar-refractivity contribution in [3.63, 3.8) is 0 Å². The summed E-state index contributed by atoms with van der Waals surface area (Å²) in [7, 11) is 0. The van der Waals surface area contributed by atoms with Crippen LogP contribution in [-0.2, 0) is 11.3 Å². The van der Waals surface area contributed by atoms with E-state index >= 15 is 0 Å². The zero-order chi connectivity index (χ0) is 22.7. The normalized spacial score (nSPS) is 21.9. The molecule has 3 aliphatic heterocycles. The number of hydrogen-bond donors (Lipinski definition) is 1. The Balaban J connectivity index is 1.60. The average molecular weight is 446 g/mol. The number of carbonyl (C=O) groups excluding carboxylic acids is 1. The molecule has 0 saturated carbocycles. The Bertz CT molecular complexity index is 961. The molecule has 1 amide bonds. The molecule has 3 saturated heterocycles. The van der Waals surface area contributed by atoms with E-state index in [2.05, 4.69) is 9.64 Å². The van der Waals surface area contributed by atoms with Crippen molar-refractivity contribution in [1.29, 1.82) is 0 Å². The lowest BCUT2D eigenvalue weighted by Crippen LogP contribution is -2.53. The fraction of sp³-hybridized carbons (Fsp3) is 0.391. The Morgan fingerprint density at radius 2 is 1.78 bits per heavy atom. The van der Waals surface area contributed by atoms with E-state index in [0.29, 0.717) is 12.1 Å². The first kappa shape index (κ1) is 22.0. The number of fused-ring (bicyclic) bond motifs is 3. The molecule has 170 valence electrons. The van der Waals surface area contributed by atoms with Gasteiger partial charge in [-0.2, -0.15) is 8.78 Å². The third-order valence-electron chi connectivity index (χ3n) is 5.98. The molecule has 2 aromatic carbocycles. The van der Waals surface area contributed by atoms with Gasteiger partial charge in [0.25, 0.3) is 0 Å². The average Bonchev–Trinajstić information content (AvgIpc) is 2.79. The van der Waals surface area contributed by atoms with E-state index in [1.165, 1.54) is 29.2 Å². The molecule has 7 nitrogen and oxygen atoms in total. The standard InChI is InChI=1S/C23H24F2N2O5/c24-22(25)31-19-4-2-1-3-18(19)27(13-15-5-7-17(8-6-15)21(28)29)23(30)32-20-14-26-11-9-16(20)10-12-26/h1-8,16,20,22H,9-14H2,(H,28,29)/t20-/m0/s1. The second-order valence-corrected chi connectivity index (χ2v) is 7.99. The lowest BCUT2D eigenvalue weighted by atomic mass is 9.86. The van der Waals surface area contributed by atoms with Crippen LogP contribution in [0.5, 0.6) is 5.75 Å². The van der Waals surface area contributed by atoms with Gasteiger partial charge >= 0.3 is 18.7 Å². The van der Waals surface area contributed by atoms with Gasteiger partial charge in [-0.15, -0.1) is 0 Å². The van der Waals surface area contributed by atoms with Crippen LogP contribution in [0.1, 0.15) is 28.8 Å². The summed E-state index contributed by atoms with van der Waals surface area (Å²) in [6.45, 7) is -0.408. The number of piperidine rings is 3. The van der Waals surface area contributed by atoms with Crippen molar-refractivity contribution in [3.8, 4) is 5.75 Å². The Labute approximate surface area is 184 Å². The maximum absolute atomic E-state index is 13.3. The lowest BCUT2D eigenvalue weighted by molar-refractivity contribution is -0.0498. The van der Waals surface area contributed by atoms with E-state index in [9.17, 15) is 18.4 Å². The summed E-state index contributed by atoms with van der Waals surface area (Å²) >= 11 is 0. The molecule has 2 bridgehead atoms. The molecule has 1 atom stereocenters. The molecule has 0 spiro atoms. The second-order valence-electron chi connectivity index (χ2n) is 7.99. The Hall–Kier alpha value is -3.20. The fourth-order valence-electron chi connectivity index (χ4n) is 4.30. The summed E-state index contributed by atoms with van der Waals surface area (Å²) in [6.07, 6.45) is 1.00. The quantitative estimate of drug-likeness (QED) is 0.686.